The van der Waals surface area contributed by atoms with Crippen LogP contribution >= 0.6 is 0 Å². The first-order valence-corrected chi connectivity index (χ1v) is 29.1. The van der Waals surface area contributed by atoms with E-state index < -0.39 is 5.41 Å². The van der Waals surface area contributed by atoms with Crippen molar-refractivity contribution in [3.63, 3.8) is 0 Å². The van der Waals surface area contributed by atoms with Gasteiger partial charge in [0, 0.05) is 54.5 Å². The lowest BCUT2D eigenvalue weighted by Crippen LogP contribution is -2.34. The van der Waals surface area contributed by atoms with Gasteiger partial charge in [0.2, 0.25) is 0 Å². The minimum absolute atomic E-state index is 0.446. The van der Waals surface area contributed by atoms with Crippen LogP contribution in [0.1, 0.15) is 44.5 Å². The number of nitriles is 4. The number of furan rings is 2. The topological polar surface area (TPSA) is 133 Å². The average Bonchev–Trinajstić information content (AvgIpc) is 1.47. The molecule has 1 aliphatic heterocycles. The second-order valence-electron chi connectivity index (χ2n) is 22.6. The van der Waals surface area contributed by atoms with E-state index in [-0.39, 0.29) is 0 Å². The highest BCUT2D eigenvalue weighted by Gasteiger charge is 2.53. The predicted molar refractivity (Wildman–Crippen MR) is 349 cm³/mol. The van der Waals surface area contributed by atoms with Crippen molar-refractivity contribution in [2.24, 2.45) is 0 Å². The van der Waals surface area contributed by atoms with Crippen LogP contribution in [0.25, 0.3) is 104 Å². The Morgan fingerprint density at radius 2 is 0.727 bits per heavy atom. The Kier molecular flexibility index (Phi) is 10.1. The van der Waals surface area contributed by atoms with Crippen LogP contribution in [0.2, 0.25) is 0 Å². The molecule has 0 saturated carbocycles. The lowest BCUT2D eigenvalue weighted by atomic mass is 9.65. The SMILES string of the molecule is N#Cc1ccc(N(c2cc3c(c4ccccc24)-c2c(cc(N(c4ccc(C#N)cc4)c4cccc5c4oc4c(C#N)cccc45)c4ccccc24)C32c3ccccc3-n3c4ccccc4c4cccc2c43)c2cccc3c2oc2c(C#N)cccc23)cc1. The number of para-hydroxylation sites is 7. The number of aromatic nitrogens is 1. The molecule has 1 spiro atoms. The van der Waals surface area contributed by atoms with Crippen LogP contribution in [0.3, 0.4) is 0 Å². The van der Waals surface area contributed by atoms with E-state index in [1.165, 1.54) is 0 Å². The van der Waals surface area contributed by atoms with Crippen LogP contribution in [-0.2, 0) is 5.41 Å². The summed E-state index contributed by atoms with van der Waals surface area (Å²) in [5, 5.41) is 51.1. The van der Waals surface area contributed by atoms with E-state index in [2.05, 4.69) is 190 Å². The van der Waals surface area contributed by atoms with E-state index in [1.54, 1.807) is 12.1 Å². The Bertz CT molecular complexity index is 5670. The molecule has 3 aromatic heterocycles. The molecule has 16 aromatic rings. The van der Waals surface area contributed by atoms with E-state index in [0.717, 1.165) is 138 Å². The molecule has 404 valence electrons. The highest BCUT2D eigenvalue weighted by atomic mass is 16.3. The molecule has 9 heteroatoms. The van der Waals surface area contributed by atoms with Crippen molar-refractivity contribution >= 4 is 121 Å². The number of anilines is 6. The Morgan fingerprint density at radius 1 is 0.318 bits per heavy atom. The molecule has 0 unspecified atom stereocenters. The third kappa shape index (κ3) is 6.38. The summed E-state index contributed by atoms with van der Waals surface area (Å²) >= 11 is 0. The standard InChI is InChI=1S/C79H41N7O2/c80-42-46-32-36-50(37-33-46)84(68-30-12-24-60-58-22-9-14-48(44-82)75(58)87-77(60)68)70-40-64-72(55-19-3-1-16-52(55)70)73-56-20-4-2-17-53(56)71(85(51-38-34-47(43-81)35-39-51)69-31-13-25-61-59-23-10-15-49(45-83)76(59)88-78(61)69)41-65(73)79(64)62-26-6-8-29-67(62)86-66-28-7-5-18-54(66)57-21-11-27-63(79)74(57)86/h1-41H. The molecule has 0 saturated heterocycles. The highest BCUT2D eigenvalue weighted by molar-refractivity contribution is 6.22. The maximum Gasteiger partial charge on any atom is 0.159 e. The fourth-order valence-corrected chi connectivity index (χ4v) is 15.0. The summed E-state index contributed by atoms with van der Waals surface area (Å²) in [4.78, 5) is 4.54. The molecule has 1 aliphatic carbocycles. The molecule has 13 aromatic carbocycles. The summed E-state index contributed by atoms with van der Waals surface area (Å²) in [7, 11) is 0. The molecular formula is C79H41N7O2. The molecule has 4 heterocycles. The van der Waals surface area contributed by atoms with E-state index in [0.29, 0.717) is 44.6 Å². The predicted octanol–water partition coefficient (Wildman–Crippen LogP) is 20.0. The molecule has 0 bridgehead atoms. The molecule has 18 rings (SSSR count). The van der Waals surface area contributed by atoms with Gasteiger partial charge < -0.3 is 23.2 Å². The summed E-state index contributed by atoms with van der Waals surface area (Å²) in [6, 6.07) is 95.3. The number of fused-ring (bicyclic) bond motifs is 22. The van der Waals surface area contributed by atoms with Crippen LogP contribution in [0.5, 0.6) is 0 Å². The van der Waals surface area contributed by atoms with E-state index in [1.807, 2.05) is 84.9 Å². The third-order valence-electron chi connectivity index (χ3n) is 18.5. The van der Waals surface area contributed by atoms with Gasteiger partial charge in [-0.15, -0.1) is 0 Å². The summed E-state index contributed by atoms with van der Waals surface area (Å²) in [6.45, 7) is 0. The van der Waals surface area contributed by atoms with Crippen molar-refractivity contribution in [2.45, 2.75) is 5.41 Å². The van der Waals surface area contributed by atoms with Gasteiger partial charge in [-0.3, -0.25) is 0 Å². The second-order valence-corrected chi connectivity index (χ2v) is 22.6. The van der Waals surface area contributed by atoms with Crippen LogP contribution in [-0.4, -0.2) is 4.57 Å². The van der Waals surface area contributed by atoms with Gasteiger partial charge in [-0.05, 0) is 141 Å². The molecule has 0 atom stereocenters. The first-order chi connectivity index (χ1) is 43.5. The fraction of sp³-hybridized carbons (Fsp3) is 0.0127. The first kappa shape index (κ1) is 48.8. The quantitative estimate of drug-likeness (QED) is 0.161. The van der Waals surface area contributed by atoms with Gasteiger partial charge in [-0.25, -0.2) is 0 Å². The molecule has 0 amide bonds. The molecule has 2 aliphatic rings. The second kappa shape index (κ2) is 18.2. The normalized spacial score (nSPS) is 12.6. The fourth-order valence-electron chi connectivity index (χ4n) is 15.0. The zero-order chi connectivity index (χ0) is 58.5. The summed E-state index contributed by atoms with van der Waals surface area (Å²) in [5.41, 5.74) is 17.9. The van der Waals surface area contributed by atoms with Crippen LogP contribution in [0.4, 0.5) is 34.1 Å². The van der Waals surface area contributed by atoms with E-state index in [9.17, 15) is 21.0 Å². The summed E-state index contributed by atoms with van der Waals surface area (Å²) < 4.78 is 16.4. The zero-order valence-electron chi connectivity index (χ0n) is 46.6. The van der Waals surface area contributed by atoms with Crippen LogP contribution in [0, 0.1) is 45.3 Å². The average molecular weight is 1120 g/mol. The number of hydrogen-bond acceptors (Lipinski definition) is 8. The molecule has 0 radical (unpaired) electrons. The Labute approximate surface area is 502 Å². The van der Waals surface area contributed by atoms with Gasteiger partial charge in [-0.2, -0.15) is 21.0 Å². The number of rotatable bonds is 6. The van der Waals surface area contributed by atoms with E-state index in [4.69, 9.17) is 8.83 Å². The van der Waals surface area contributed by atoms with Crippen molar-refractivity contribution < 1.29 is 8.83 Å². The molecular weight excluding hydrogens is 1080 g/mol. The maximum atomic E-state index is 10.4. The maximum absolute atomic E-state index is 10.4. The van der Waals surface area contributed by atoms with Crippen molar-refractivity contribution in [1.82, 2.24) is 4.57 Å². The molecule has 88 heavy (non-hydrogen) atoms. The molecule has 0 fully saturated rings. The van der Waals surface area contributed by atoms with E-state index >= 15 is 0 Å². The van der Waals surface area contributed by atoms with Crippen LogP contribution in [0.15, 0.2) is 258 Å². The van der Waals surface area contributed by atoms with Crippen molar-refractivity contribution in [2.75, 3.05) is 9.80 Å². The van der Waals surface area contributed by atoms with Crippen molar-refractivity contribution in [3.8, 4) is 41.1 Å². The smallest absolute Gasteiger partial charge is 0.159 e. The number of hydrogen-bond donors (Lipinski definition) is 0. The highest BCUT2D eigenvalue weighted by Crippen LogP contribution is 2.66. The van der Waals surface area contributed by atoms with Gasteiger partial charge in [0.25, 0.3) is 0 Å². The largest absolute Gasteiger partial charge is 0.452 e. The van der Waals surface area contributed by atoms with Crippen molar-refractivity contribution in [3.05, 3.63) is 293 Å². The monoisotopic (exact) mass is 1120 g/mol. The van der Waals surface area contributed by atoms with Gasteiger partial charge in [-0.1, -0.05) is 152 Å². The van der Waals surface area contributed by atoms with Gasteiger partial charge >= 0.3 is 0 Å². The molecule has 9 nitrogen and oxygen atoms in total. The van der Waals surface area contributed by atoms with Gasteiger partial charge in [0.1, 0.15) is 12.1 Å². The van der Waals surface area contributed by atoms with Gasteiger partial charge in [0.15, 0.2) is 22.3 Å². The minimum atomic E-state index is -1.03. The Morgan fingerprint density at radius 3 is 1.24 bits per heavy atom. The molecule has 0 N–H and O–H groups in total. The zero-order valence-corrected chi connectivity index (χ0v) is 46.6. The van der Waals surface area contributed by atoms with Gasteiger partial charge in [0.05, 0.1) is 79.3 Å². The van der Waals surface area contributed by atoms with Crippen molar-refractivity contribution in [1.29, 1.82) is 21.0 Å². The Balaban J connectivity index is 1.03. The lowest BCUT2D eigenvalue weighted by molar-refractivity contribution is 0.667. The number of nitrogens with zero attached hydrogens (tertiary/aromatic N) is 7. The number of benzene rings is 13. The Hall–Kier alpha value is -12.7. The minimum Gasteiger partial charge on any atom is -0.452 e. The van der Waals surface area contributed by atoms with Crippen LogP contribution < -0.4 is 9.80 Å². The first-order valence-electron chi connectivity index (χ1n) is 29.1. The summed E-state index contributed by atoms with van der Waals surface area (Å²) in [5.74, 6) is 0. The summed E-state index contributed by atoms with van der Waals surface area (Å²) in [6.07, 6.45) is 0. The lowest BCUT2D eigenvalue weighted by Gasteiger charge is -2.40. The third-order valence-corrected chi connectivity index (χ3v) is 18.5.